The van der Waals surface area contributed by atoms with Crippen LogP contribution in [0.5, 0.6) is 11.5 Å². The van der Waals surface area contributed by atoms with Crippen LogP contribution < -0.4 is 20.1 Å². The molecule has 27 heavy (non-hydrogen) atoms. The first-order valence-corrected chi connectivity index (χ1v) is 8.64. The molecule has 0 unspecified atom stereocenters. The number of benzene rings is 2. The summed E-state index contributed by atoms with van der Waals surface area (Å²) in [7, 11) is 0. The van der Waals surface area contributed by atoms with Crippen LogP contribution in [0.1, 0.15) is 23.2 Å². The lowest BCUT2D eigenvalue weighted by Gasteiger charge is -2.08. The summed E-state index contributed by atoms with van der Waals surface area (Å²) < 4.78 is 10.4. The molecule has 140 valence electrons. The van der Waals surface area contributed by atoms with Crippen LogP contribution in [-0.4, -0.2) is 30.9 Å². The lowest BCUT2D eigenvalue weighted by molar-refractivity contribution is -0.124. The number of rotatable bonds is 7. The number of ketones is 1. The Bertz CT molecular complexity index is 884. The number of carbonyl (C=O) groups excluding carboxylic acids is 3. The SMILES string of the molecule is O=C(CCC(=O)c1cccc(Cl)c1)NCC(=O)Nc1ccc2c(c1)OCO2. The van der Waals surface area contributed by atoms with Gasteiger partial charge in [0.2, 0.25) is 18.6 Å². The fourth-order valence-electron chi connectivity index (χ4n) is 2.48. The molecule has 1 heterocycles. The number of hydrogen-bond donors (Lipinski definition) is 2. The van der Waals surface area contributed by atoms with Crippen LogP contribution in [0.25, 0.3) is 0 Å². The van der Waals surface area contributed by atoms with Crippen LogP contribution in [-0.2, 0) is 9.59 Å². The zero-order valence-electron chi connectivity index (χ0n) is 14.3. The Morgan fingerprint density at radius 1 is 0.963 bits per heavy atom. The number of ether oxygens (including phenoxy) is 2. The molecule has 1 aliphatic rings. The lowest BCUT2D eigenvalue weighted by atomic mass is 10.1. The van der Waals surface area contributed by atoms with E-state index >= 15 is 0 Å². The van der Waals surface area contributed by atoms with Crippen molar-refractivity contribution < 1.29 is 23.9 Å². The van der Waals surface area contributed by atoms with Crippen molar-refractivity contribution in [3.05, 3.63) is 53.1 Å². The first kappa shape index (κ1) is 18.7. The maximum atomic E-state index is 12.0. The zero-order chi connectivity index (χ0) is 19.2. The van der Waals surface area contributed by atoms with Gasteiger partial charge in [-0.1, -0.05) is 23.7 Å². The summed E-state index contributed by atoms with van der Waals surface area (Å²) in [5.74, 6) is 0.217. The average molecular weight is 389 g/mol. The number of fused-ring (bicyclic) bond motifs is 1. The Morgan fingerprint density at radius 3 is 2.59 bits per heavy atom. The van der Waals surface area contributed by atoms with E-state index in [9.17, 15) is 14.4 Å². The lowest BCUT2D eigenvalue weighted by Crippen LogP contribution is -2.33. The third-order valence-corrected chi connectivity index (χ3v) is 4.06. The van der Waals surface area contributed by atoms with Gasteiger partial charge in [-0.05, 0) is 24.3 Å². The minimum absolute atomic E-state index is 0.0113. The van der Waals surface area contributed by atoms with Crippen LogP contribution in [0.4, 0.5) is 5.69 Å². The Morgan fingerprint density at radius 2 is 1.78 bits per heavy atom. The van der Waals surface area contributed by atoms with Gasteiger partial charge >= 0.3 is 0 Å². The quantitative estimate of drug-likeness (QED) is 0.711. The number of carbonyl (C=O) groups is 3. The minimum atomic E-state index is -0.386. The smallest absolute Gasteiger partial charge is 0.243 e. The Labute approximate surface area is 160 Å². The summed E-state index contributed by atoms with van der Waals surface area (Å²) in [6, 6.07) is 11.6. The van der Waals surface area contributed by atoms with Gasteiger partial charge in [-0.25, -0.2) is 0 Å². The Kier molecular flexibility index (Phi) is 5.93. The molecule has 0 fully saturated rings. The molecule has 0 bridgehead atoms. The van der Waals surface area contributed by atoms with E-state index in [0.717, 1.165) is 0 Å². The molecule has 0 aliphatic carbocycles. The summed E-state index contributed by atoms with van der Waals surface area (Å²) in [5.41, 5.74) is 0.991. The molecule has 0 saturated carbocycles. The third-order valence-electron chi connectivity index (χ3n) is 3.83. The molecule has 2 amide bonds. The maximum absolute atomic E-state index is 12.0. The Balaban J connectivity index is 1.41. The van der Waals surface area contributed by atoms with Crippen LogP contribution in [0, 0.1) is 0 Å². The second kappa shape index (κ2) is 8.55. The van der Waals surface area contributed by atoms with Crippen molar-refractivity contribution in [3.63, 3.8) is 0 Å². The number of halogens is 1. The van der Waals surface area contributed by atoms with E-state index in [1.165, 1.54) is 0 Å². The van der Waals surface area contributed by atoms with Crippen LogP contribution in [0.15, 0.2) is 42.5 Å². The highest BCUT2D eigenvalue weighted by atomic mass is 35.5. The molecule has 0 radical (unpaired) electrons. The molecule has 3 rings (SSSR count). The summed E-state index contributed by atoms with van der Waals surface area (Å²) in [4.78, 5) is 35.8. The highest BCUT2D eigenvalue weighted by Crippen LogP contribution is 2.34. The first-order valence-electron chi connectivity index (χ1n) is 8.26. The van der Waals surface area contributed by atoms with Crippen molar-refractivity contribution in [2.75, 3.05) is 18.7 Å². The van der Waals surface area contributed by atoms with Gasteiger partial charge in [0, 0.05) is 35.2 Å². The summed E-state index contributed by atoms with van der Waals surface area (Å²) in [6.07, 6.45) is 0.0264. The van der Waals surface area contributed by atoms with E-state index in [4.69, 9.17) is 21.1 Å². The van der Waals surface area contributed by atoms with Crippen molar-refractivity contribution in [3.8, 4) is 11.5 Å². The van der Waals surface area contributed by atoms with E-state index in [-0.39, 0.29) is 43.8 Å². The number of amides is 2. The van der Waals surface area contributed by atoms with Gasteiger partial charge < -0.3 is 20.1 Å². The van der Waals surface area contributed by atoms with E-state index in [0.29, 0.717) is 27.8 Å². The fraction of sp³-hybridized carbons (Fsp3) is 0.211. The summed E-state index contributed by atoms with van der Waals surface area (Å²) in [6.45, 7) is -0.0463. The van der Waals surface area contributed by atoms with Gasteiger partial charge in [0.1, 0.15) is 0 Å². The predicted molar refractivity (Wildman–Crippen MR) is 99.2 cm³/mol. The molecule has 1 aliphatic heterocycles. The predicted octanol–water partition coefficient (Wildman–Crippen LogP) is 2.79. The molecule has 2 N–H and O–H groups in total. The number of anilines is 1. The molecule has 7 nitrogen and oxygen atoms in total. The first-order chi connectivity index (χ1) is 13.0. The minimum Gasteiger partial charge on any atom is -0.454 e. The van der Waals surface area contributed by atoms with Crippen LogP contribution in [0.3, 0.4) is 0 Å². The van der Waals surface area contributed by atoms with E-state index in [2.05, 4.69) is 10.6 Å². The second-order valence-electron chi connectivity index (χ2n) is 5.83. The van der Waals surface area contributed by atoms with Gasteiger partial charge in [-0.3, -0.25) is 14.4 Å². The molecule has 0 aromatic heterocycles. The number of Topliss-reactive ketones (excluding diaryl/α,β-unsaturated/α-hetero) is 1. The van der Waals surface area contributed by atoms with Crippen molar-refractivity contribution in [1.29, 1.82) is 0 Å². The molecule has 2 aromatic rings. The summed E-state index contributed by atoms with van der Waals surface area (Å²) >= 11 is 5.84. The van der Waals surface area contributed by atoms with Gasteiger partial charge in [-0.2, -0.15) is 0 Å². The van der Waals surface area contributed by atoms with Crippen molar-refractivity contribution in [2.45, 2.75) is 12.8 Å². The fourth-order valence-corrected chi connectivity index (χ4v) is 2.67. The van der Waals surface area contributed by atoms with Crippen molar-refractivity contribution >= 4 is 34.9 Å². The van der Waals surface area contributed by atoms with E-state index < -0.39 is 0 Å². The van der Waals surface area contributed by atoms with Crippen LogP contribution in [0.2, 0.25) is 5.02 Å². The van der Waals surface area contributed by atoms with Gasteiger partial charge in [0.15, 0.2) is 17.3 Å². The van der Waals surface area contributed by atoms with Crippen LogP contribution >= 0.6 is 11.6 Å². The monoisotopic (exact) mass is 388 g/mol. The van der Waals surface area contributed by atoms with E-state index in [1.54, 1.807) is 42.5 Å². The highest BCUT2D eigenvalue weighted by Gasteiger charge is 2.15. The Hall–Kier alpha value is -3.06. The zero-order valence-corrected chi connectivity index (χ0v) is 15.0. The maximum Gasteiger partial charge on any atom is 0.243 e. The number of nitrogens with one attached hydrogen (secondary N) is 2. The average Bonchev–Trinajstić information content (AvgIpc) is 3.12. The van der Waals surface area contributed by atoms with Gasteiger partial charge in [0.05, 0.1) is 6.54 Å². The topological polar surface area (TPSA) is 93.7 Å². The molecule has 8 heteroatoms. The molecular formula is C19H17ClN2O5. The largest absolute Gasteiger partial charge is 0.454 e. The molecule has 2 aromatic carbocycles. The highest BCUT2D eigenvalue weighted by molar-refractivity contribution is 6.31. The van der Waals surface area contributed by atoms with Crippen molar-refractivity contribution in [1.82, 2.24) is 5.32 Å². The molecule has 0 atom stereocenters. The van der Waals surface area contributed by atoms with E-state index in [1.807, 2.05) is 0 Å². The van der Waals surface area contributed by atoms with Gasteiger partial charge in [-0.15, -0.1) is 0 Å². The number of hydrogen-bond acceptors (Lipinski definition) is 5. The van der Waals surface area contributed by atoms with Gasteiger partial charge in [0.25, 0.3) is 0 Å². The van der Waals surface area contributed by atoms with Crippen molar-refractivity contribution in [2.24, 2.45) is 0 Å². The third kappa shape index (κ3) is 5.21. The normalized spacial score (nSPS) is 11.7. The molecule has 0 saturated heterocycles. The molecular weight excluding hydrogens is 372 g/mol. The standard InChI is InChI=1S/C19H17ClN2O5/c20-13-3-1-2-12(8-13)15(23)5-7-18(24)21-10-19(25)22-14-4-6-16-17(9-14)27-11-26-16/h1-4,6,8-9H,5,7,10-11H2,(H,21,24)(H,22,25). The summed E-state index contributed by atoms with van der Waals surface area (Å²) in [5, 5.41) is 5.60. The molecule has 0 spiro atoms. The second-order valence-corrected chi connectivity index (χ2v) is 6.26.